The number of rotatable bonds is 4. The van der Waals surface area contributed by atoms with Crippen molar-refractivity contribution in [3.8, 4) is 5.75 Å². The maximum Gasteiger partial charge on any atom is 0.270 e. The molecule has 156 valence electrons. The first-order valence-corrected chi connectivity index (χ1v) is 10.7. The number of H-pyrrole nitrogens is 1. The standard InChI is InChI=1S/C23H26N4O3/c1-30-18-6-5-17-11-21(24-20(17)13-18)23(29)26-9-7-15(8-10-26)14-27-22(28)12-16-3-2-4-19(16)25-27/h5-6,11-13,15,24H,2-4,7-10,14H2,1H3. The van der Waals surface area contributed by atoms with Gasteiger partial charge in [0.2, 0.25) is 0 Å². The second-order valence-electron chi connectivity index (χ2n) is 8.36. The molecule has 7 heteroatoms. The van der Waals surface area contributed by atoms with E-state index in [1.54, 1.807) is 17.9 Å². The summed E-state index contributed by atoms with van der Waals surface area (Å²) in [4.78, 5) is 30.5. The third-order valence-corrected chi connectivity index (χ3v) is 6.42. The Bertz CT molecular complexity index is 1150. The number of carbonyl (C=O) groups is 1. The summed E-state index contributed by atoms with van der Waals surface area (Å²) in [5, 5.41) is 5.59. The van der Waals surface area contributed by atoms with E-state index in [0.29, 0.717) is 31.2 Å². The van der Waals surface area contributed by atoms with Crippen LogP contribution in [0.1, 0.15) is 41.0 Å². The van der Waals surface area contributed by atoms with E-state index >= 15 is 0 Å². The van der Waals surface area contributed by atoms with Crippen LogP contribution in [0.25, 0.3) is 10.9 Å². The van der Waals surface area contributed by atoms with Crippen molar-refractivity contribution in [1.82, 2.24) is 19.7 Å². The number of benzene rings is 1. The van der Waals surface area contributed by atoms with Crippen LogP contribution in [-0.2, 0) is 19.4 Å². The summed E-state index contributed by atoms with van der Waals surface area (Å²) in [6.45, 7) is 2.03. The molecule has 1 fully saturated rings. The fraction of sp³-hybridized carbons (Fsp3) is 0.435. The molecule has 3 aromatic rings. The molecule has 2 aliphatic rings. The van der Waals surface area contributed by atoms with E-state index in [0.717, 1.165) is 60.0 Å². The maximum absolute atomic E-state index is 13.0. The van der Waals surface area contributed by atoms with E-state index in [2.05, 4.69) is 10.1 Å². The van der Waals surface area contributed by atoms with Crippen LogP contribution in [0.5, 0.6) is 5.75 Å². The first-order valence-electron chi connectivity index (χ1n) is 10.7. The topological polar surface area (TPSA) is 80.2 Å². The van der Waals surface area contributed by atoms with Gasteiger partial charge in [-0.25, -0.2) is 4.68 Å². The highest BCUT2D eigenvalue weighted by molar-refractivity contribution is 5.98. The largest absolute Gasteiger partial charge is 0.497 e. The van der Waals surface area contributed by atoms with Crippen molar-refractivity contribution in [2.24, 2.45) is 5.92 Å². The van der Waals surface area contributed by atoms with Gasteiger partial charge >= 0.3 is 0 Å². The van der Waals surface area contributed by atoms with Gasteiger partial charge < -0.3 is 14.6 Å². The van der Waals surface area contributed by atoms with Crippen LogP contribution in [0.15, 0.2) is 35.1 Å². The lowest BCUT2D eigenvalue weighted by atomic mass is 9.96. The molecule has 0 bridgehead atoms. The van der Waals surface area contributed by atoms with Gasteiger partial charge in [-0.2, -0.15) is 5.10 Å². The van der Waals surface area contributed by atoms with E-state index in [-0.39, 0.29) is 11.5 Å². The summed E-state index contributed by atoms with van der Waals surface area (Å²) in [5.41, 5.74) is 3.70. The number of aryl methyl sites for hydroxylation is 2. The van der Waals surface area contributed by atoms with Crippen molar-refractivity contribution in [1.29, 1.82) is 0 Å². The lowest BCUT2D eigenvalue weighted by Crippen LogP contribution is -2.40. The van der Waals surface area contributed by atoms with Crippen molar-refractivity contribution in [3.63, 3.8) is 0 Å². The Morgan fingerprint density at radius 1 is 1.20 bits per heavy atom. The van der Waals surface area contributed by atoms with Crippen molar-refractivity contribution < 1.29 is 9.53 Å². The normalized spacial score (nSPS) is 16.8. The number of carbonyl (C=O) groups excluding carboxylic acids is 1. The SMILES string of the molecule is COc1ccc2cc(C(=O)N3CCC(Cn4nc5c(cc4=O)CCC5)CC3)[nH]c2c1. The number of nitrogens with one attached hydrogen (secondary N) is 1. The number of aromatic amines is 1. The van der Waals surface area contributed by atoms with E-state index in [4.69, 9.17) is 4.74 Å². The fourth-order valence-electron chi connectivity index (χ4n) is 4.65. The summed E-state index contributed by atoms with van der Waals surface area (Å²) in [7, 11) is 1.63. The molecule has 3 heterocycles. The second kappa shape index (κ2) is 7.63. The molecule has 1 amide bonds. The van der Waals surface area contributed by atoms with Gasteiger partial charge in [-0.05, 0) is 61.8 Å². The minimum atomic E-state index is 0.00246. The zero-order valence-electron chi connectivity index (χ0n) is 17.2. The third kappa shape index (κ3) is 3.49. The second-order valence-corrected chi connectivity index (χ2v) is 8.36. The van der Waals surface area contributed by atoms with E-state index in [1.807, 2.05) is 29.2 Å². The number of aromatic nitrogens is 3. The summed E-state index contributed by atoms with van der Waals surface area (Å²) in [6, 6.07) is 9.41. The smallest absolute Gasteiger partial charge is 0.270 e. The first-order chi connectivity index (χ1) is 14.6. The van der Waals surface area contributed by atoms with Gasteiger partial charge in [-0.1, -0.05) is 0 Å². The fourth-order valence-corrected chi connectivity index (χ4v) is 4.65. The van der Waals surface area contributed by atoms with Crippen LogP contribution in [0.2, 0.25) is 0 Å². The minimum Gasteiger partial charge on any atom is -0.497 e. The molecule has 0 spiro atoms. The molecule has 1 aliphatic carbocycles. The van der Waals surface area contributed by atoms with E-state index < -0.39 is 0 Å². The molecule has 30 heavy (non-hydrogen) atoms. The third-order valence-electron chi connectivity index (χ3n) is 6.42. The van der Waals surface area contributed by atoms with Crippen molar-refractivity contribution in [2.45, 2.75) is 38.6 Å². The molecule has 0 unspecified atom stereocenters. The Morgan fingerprint density at radius 3 is 2.83 bits per heavy atom. The van der Waals surface area contributed by atoms with Crippen molar-refractivity contribution in [3.05, 3.63) is 57.6 Å². The molecule has 7 nitrogen and oxygen atoms in total. The monoisotopic (exact) mass is 406 g/mol. The Hall–Kier alpha value is -3.09. The molecule has 5 rings (SSSR count). The highest BCUT2D eigenvalue weighted by Crippen LogP contribution is 2.24. The number of piperidine rings is 1. The van der Waals surface area contributed by atoms with Crippen LogP contribution in [0.4, 0.5) is 0 Å². The molecule has 1 aromatic carbocycles. The van der Waals surface area contributed by atoms with Crippen LogP contribution >= 0.6 is 0 Å². The average molecular weight is 406 g/mol. The lowest BCUT2D eigenvalue weighted by molar-refractivity contribution is 0.0675. The Balaban J connectivity index is 1.24. The quantitative estimate of drug-likeness (QED) is 0.723. The van der Waals surface area contributed by atoms with Gasteiger partial charge in [0.25, 0.3) is 11.5 Å². The number of hydrogen-bond acceptors (Lipinski definition) is 4. The summed E-state index contributed by atoms with van der Waals surface area (Å²) in [6.07, 6.45) is 4.79. The number of nitrogens with zero attached hydrogens (tertiary/aromatic N) is 3. The zero-order valence-corrected chi connectivity index (χ0v) is 17.2. The molecule has 0 radical (unpaired) electrons. The number of hydrogen-bond donors (Lipinski definition) is 1. The number of fused-ring (bicyclic) bond motifs is 2. The summed E-state index contributed by atoms with van der Waals surface area (Å²) < 4.78 is 6.89. The predicted molar refractivity (Wildman–Crippen MR) is 114 cm³/mol. The predicted octanol–water partition coefficient (Wildman–Crippen LogP) is 2.77. The number of amides is 1. The molecular formula is C23H26N4O3. The molecule has 1 saturated heterocycles. The van der Waals surface area contributed by atoms with Gasteiger partial charge in [-0.3, -0.25) is 9.59 Å². The molecule has 0 saturated carbocycles. The number of likely N-dealkylation sites (tertiary alicyclic amines) is 1. The van der Waals surface area contributed by atoms with Crippen LogP contribution in [-0.4, -0.2) is 45.8 Å². The number of ether oxygens (including phenoxy) is 1. The molecule has 2 aromatic heterocycles. The van der Waals surface area contributed by atoms with Gasteiger partial charge in [-0.15, -0.1) is 0 Å². The van der Waals surface area contributed by atoms with Gasteiger partial charge in [0.15, 0.2) is 0 Å². The van der Waals surface area contributed by atoms with E-state index in [9.17, 15) is 9.59 Å². The first kappa shape index (κ1) is 18.9. The Morgan fingerprint density at radius 2 is 2.03 bits per heavy atom. The minimum absolute atomic E-state index is 0.00246. The highest BCUT2D eigenvalue weighted by atomic mass is 16.5. The van der Waals surface area contributed by atoms with Gasteiger partial charge in [0, 0.05) is 42.7 Å². The van der Waals surface area contributed by atoms with Gasteiger partial charge in [0.05, 0.1) is 12.8 Å². The average Bonchev–Trinajstić information content (AvgIpc) is 3.39. The van der Waals surface area contributed by atoms with Crippen LogP contribution in [0.3, 0.4) is 0 Å². The molecule has 1 aliphatic heterocycles. The lowest BCUT2D eigenvalue weighted by Gasteiger charge is -2.31. The van der Waals surface area contributed by atoms with Gasteiger partial charge in [0.1, 0.15) is 11.4 Å². The Kier molecular flexibility index (Phi) is 4.81. The van der Waals surface area contributed by atoms with Crippen LogP contribution < -0.4 is 10.3 Å². The molecule has 1 N–H and O–H groups in total. The van der Waals surface area contributed by atoms with Crippen molar-refractivity contribution >= 4 is 16.8 Å². The number of methoxy groups -OCH3 is 1. The Labute approximate surface area is 174 Å². The zero-order chi connectivity index (χ0) is 20.7. The summed E-state index contributed by atoms with van der Waals surface area (Å²) in [5.74, 6) is 1.15. The summed E-state index contributed by atoms with van der Waals surface area (Å²) >= 11 is 0. The van der Waals surface area contributed by atoms with Crippen LogP contribution in [0, 0.1) is 5.92 Å². The maximum atomic E-state index is 13.0. The molecule has 0 atom stereocenters. The van der Waals surface area contributed by atoms with Crippen molar-refractivity contribution in [2.75, 3.05) is 20.2 Å². The van der Waals surface area contributed by atoms with E-state index in [1.165, 1.54) is 0 Å². The highest BCUT2D eigenvalue weighted by Gasteiger charge is 2.26. The molecular weight excluding hydrogens is 380 g/mol.